The molecule has 0 saturated carbocycles. The molecule has 142 valence electrons. The molecule has 1 fully saturated rings. The molecule has 0 unspecified atom stereocenters. The van der Waals surface area contributed by atoms with Crippen LogP contribution in [0.2, 0.25) is 5.02 Å². The average molecular weight is 403 g/mol. The number of nitrogens with zero attached hydrogens (tertiary/aromatic N) is 1. The molecule has 1 atom stereocenters. The molecule has 2 aromatic heterocycles. The van der Waals surface area contributed by atoms with Crippen LogP contribution in [-0.4, -0.2) is 30.4 Å². The van der Waals surface area contributed by atoms with E-state index in [0.717, 1.165) is 34.5 Å². The molecule has 0 spiro atoms. The van der Waals surface area contributed by atoms with Crippen LogP contribution in [0.5, 0.6) is 0 Å². The van der Waals surface area contributed by atoms with Crippen molar-refractivity contribution in [1.82, 2.24) is 10.2 Å². The molecule has 1 aliphatic heterocycles. The van der Waals surface area contributed by atoms with Gasteiger partial charge in [-0.05, 0) is 56.6 Å². The number of benzene rings is 1. The van der Waals surface area contributed by atoms with Crippen molar-refractivity contribution in [2.45, 2.75) is 32.2 Å². The summed E-state index contributed by atoms with van der Waals surface area (Å²) in [5, 5.41) is 4.57. The summed E-state index contributed by atoms with van der Waals surface area (Å²) in [5.41, 5.74) is 1.16. The van der Waals surface area contributed by atoms with Crippen LogP contribution in [0.25, 0.3) is 10.1 Å². The van der Waals surface area contributed by atoms with Crippen molar-refractivity contribution in [2.24, 2.45) is 0 Å². The molecule has 3 heterocycles. The number of likely N-dealkylation sites (tertiary alicyclic amines) is 1. The van der Waals surface area contributed by atoms with E-state index in [9.17, 15) is 4.79 Å². The maximum absolute atomic E-state index is 12.8. The minimum atomic E-state index is -0.118. The molecular formula is C21H23ClN2O2S. The second kappa shape index (κ2) is 8.05. The molecule has 27 heavy (non-hydrogen) atoms. The fourth-order valence-corrected chi connectivity index (χ4v) is 5.24. The van der Waals surface area contributed by atoms with Gasteiger partial charge in [-0.1, -0.05) is 30.2 Å². The lowest BCUT2D eigenvalue weighted by molar-refractivity contribution is 0.0918. The van der Waals surface area contributed by atoms with E-state index in [1.54, 1.807) is 6.26 Å². The molecule has 0 aliphatic carbocycles. The number of fused-ring (bicyclic) bond motifs is 1. The number of piperidine rings is 1. The van der Waals surface area contributed by atoms with Crippen LogP contribution in [0.1, 0.15) is 46.3 Å². The van der Waals surface area contributed by atoms with Crippen LogP contribution in [0.3, 0.4) is 0 Å². The topological polar surface area (TPSA) is 45.5 Å². The maximum atomic E-state index is 12.8. The van der Waals surface area contributed by atoms with E-state index in [1.165, 1.54) is 30.6 Å². The van der Waals surface area contributed by atoms with Crippen LogP contribution in [-0.2, 0) is 0 Å². The normalized spacial score (nSPS) is 16.5. The van der Waals surface area contributed by atoms with Crippen molar-refractivity contribution in [3.05, 3.63) is 57.8 Å². The molecule has 1 amide bonds. The summed E-state index contributed by atoms with van der Waals surface area (Å²) in [5.74, 6) is 0.780. The summed E-state index contributed by atoms with van der Waals surface area (Å²) in [6.45, 7) is 4.61. The number of hydrogen-bond acceptors (Lipinski definition) is 4. The van der Waals surface area contributed by atoms with E-state index in [4.69, 9.17) is 16.0 Å². The summed E-state index contributed by atoms with van der Waals surface area (Å²) in [6.07, 6.45) is 5.34. The van der Waals surface area contributed by atoms with Gasteiger partial charge in [0.1, 0.15) is 10.6 Å². The third-order valence-corrected chi connectivity index (χ3v) is 6.81. The van der Waals surface area contributed by atoms with E-state index in [0.29, 0.717) is 16.4 Å². The number of nitrogens with one attached hydrogen (secondary N) is 1. The standard InChI is InChI=1S/C21H23ClN2O2S/c1-14-7-8-15-18(12-14)27-20(19(15)22)21(25)23-13-16(17-6-5-11-26-17)24-9-3-2-4-10-24/h5-8,11-12,16H,2-4,9-10,13H2,1H3,(H,23,25)/t16-/m0/s1. The molecule has 0 radical (unpaired) electrons. The van der Waals surface area contributed by atoms with Gasteiger partial charge in [0.25, 0.3) is 5.91 Å². The lowest BCUT2D eigenvalue weighted by atomic mass is 10.1. The Morgan fingerprint density at radius 2 is 2.11 bits per heavy atom. The predicted molar refractivity (Wildman–Crippen MR) is 111 cm³/mol. The van der Waals surface area contributed by atoms with Gasteiger partial charge in [0.2, 0.25) is 0 Å². The van der Waals surface area contributed by atoms with Crippen LogP contribution < -0.4 is 5.32 Å². The fourth-order valence-electron chi connectivity index (χ4n) is 3.71. The molecule has 1 aliphatic rings. The molecule has 4 rings (SSSR count). The highest BCUT2D eigenvalue weighted by Gasteiger charge is 2.26. The molecular weight excluding hydrogens is 380 g/mol. The second-order valence-corrected chi connectivity index (χ2v) is 8.51. The van der Waals surface area contributed by atoms with Crippen LogP contribution in [0.4, 0.5) is 0 Å². The van der Waals surface area contributed by atoms with Gasteiger partial charge in [-0.25, -0.2) is 0 Å². The molecule has 3 aromatic rings. The van der Waals surface area contributed by atoms with Gasteiger partial charge in [-0.3, -0.25) is 9.69 Å². The number of carbonyl (C=O) groups is 1. The smallest absolute Gasteiger partial charge is 0.263 e. The van der Waals surface area contributed by atoms with E-state index in [-0.39, 0.29) is 11.9 Å². The Kier molecular flexibility index (Phi) is 5.53. The fraction of sp³-hybridized carbons (Fsp3) is 0.381. The lowest BCUT2D eigenvalue weighted by Gasteiger charge is -2.33. The van der Waals surface area contributed by atoms with Crippen molar-refractivity contribution in [3.63, 3.8) is 0 Å². The van der Waals surface area contributed by atoms with E-state index >= 15 is 0 Å². The number of furan rings is 1. The number of amides is 1. The first-order valence-electron chi connectivity index (χ1n) is 9.38. The maximum Gasteiger partial charge on any atom is 0.263 e. The molecule has 1 N–H and O–H groups in total. The van der Waals surface area contributed by atoms with Gasteiger partial charge in [0.05, 0.1) is 17.3 Å². The Labute approximate surface area is 168 Å². The zero-order valence-electron chi connectivity index (χ0n) is 15.3. The molecule has 0 bridgehead atoms. The minimum absolute atomic E-state index is 0.0552. The van der Waals surface area contributed by atoms with Crippen LogP contribution in [0.15, 0.2) is 41.0 Å². The monoisotopic (exact) mass is 402 g/mol. The van der Waals surface area contributed by atoms with E-state index < -0.39 is 0 Å². The van der Waals surface area contributed by atoms with E-state index in [2.05, 4.69) is 16.3 Å². The third kappa shape index (κ3) is 3.91. The molecule has 1 aromatic carbocycles. The van der Waals surface area contributed by atoms with Crippen LogP contribution >= 0.6 is 22.9 Å². The number of thiophene rings is 1. The Hall–Kier alpha value is -1.82. The zero-order chi connectivity index (χ0) is 18.8. The number of carbonyl (C=O) groups excluding carboxylic acids is 1. The van der Waals surface area contributed by atoms with Gasteiger partial charge in [0, 0.05) is 16.6 Å². The highest BCUT2D eigenvalue weighted by atomic mass is 35.5. The number of hydrogen-bond donors (Lipinski definition) is 1. The number of aryl methyl sites for hydroxylation is 1. The minimum Gasteiger partial charge on any atom is -0.468 e. The SMILES string of the molecule is Cc1ccc2c(Cl)c(C(=O)NC[C@@H](c3ccco3)N3CCCCC3)sc2c1. The number of halogens is 1. The first-order valence-corrected chi connectivity index (χ1v) is 10.6. The summed E-state index contributed by atoms with van der Waals surface area (Å²) in [7, 11) is 0. The lowest BCUT2D eigenvalue weighted by Crippen LogP contribution is -2.40. The summed E-state index contributed by atoms with van der Waals surface area (Å²) in [4.78, 5) is 15.8. The van der Waals surface area contributed by atoms with Crippen molar-refractivity contribution < 1.29 is 9.21 Å². The van der Waals surface area contributed by atoms with Crippen molar-refractivity contribution >= 4 is 38.9 Å². The Bertz CT molecular complexity index is 929. The van der Waals surface area contributed by atoms with E-state index in [1.807, 2.05) is 31.2 Å². The highest BCUT2D eigenvalue weighted by molar-refractivity contribution is 7.21. The van der Waals surface area contributed by atoms with Gasteiger partial charge >= 0.3 is 0 Å². The van der Waals surface area contributed by atoms with Gasteiger partial charge in [-0.2, -0.15) is 0 Å². The second-order valence-electron chi connectivity index (χ2n) is 7.08. The summed E-state index contributed by atoms with van der Waals surface area (Å²) < 4.78 is 6.70. The molecule has 4 nitrogen and oxygen atoms in total. The number of rotatable bonds is 5. The molecule has 6 heteroatoms. The Morgan fingerprint density at radius 1 is 1.30 bits per heavy atom. The third-order valence-electron chi connectivity index (χ3n) is 5.15. The van der Waals surface area contributed by atoms with Crippen molar-refractivity contribution in [2.75, 3.05) is 19.6 Å². The zero-order valence-corrected chi connectivity index (χ0v) is 16.9. The van der Waals surface area contributed by atoms with Crippen LogP contribution in [0, 0.1) is 6.92 Å². The first-order chi connectivity index (χ1) is 13.1. The quantitative estimate of drug-likeness (QED) is 0.620. The summed E-state index contributed by atoms with van der Waals surface area (Å²) >= 11 is 7.94. The Morgan fingerprint density at radius 3 is 2.85 bits per heavy atom. The van der Waals surface area contributed by atoms with Gasteiger partial charge < -0.3 is 9.73 Å². The van der Waals surface area contributed by atoms with Gasteiger partial charge in [-0.15, -0.1) is 11.3 Å². The van der Waals surface area contributed by atoms with Crippen molar-refractivity contribution in [1.29, 1.82) is 0 Å². The highest BCUT2D eigenvalue weighted by Crippen LogP contribution is 2.36. The van der Waals surface area contributed by atoms with Gasteiger partial charge in [0.15, 0.2) is 0 Å². The average Bonchev–Trinajstić information content (AvgIpc) is 3.31. The molecule has 1 saturated heterocycles. The first kappa shape index (κ1) is 18.5. The van der Waals surface area contributed by atoms with Crippen molar-refractivity contribution in [3.8, 4) is 0 Å². The Balaban J connectivity index is 1.52. The predicted octanol–water partition coefficient (Wildman–Crippen LogP) is 5.41. The largest absolute Gasteiger partial charge is 0.468 e. The summed E-state index contributed by atoms with van der Waals surface area (Å²) in [6, 6.07) is 10.0.